The number of unbranched alkanes of at least 4 members (excludes halogenated alkanes) is 28. The van der Waals surface area contributed by atoms with E-state index < -0.39 is 26.5 Å². The maximum Gasteiger partial charge on any atom is 0.472 e. The van der Waals surface area contributed by atoms with Crippen LogP contribution in [0.5, 0.6) is 0 Å². The van der Waals surface area contributed by atoms with Gasteiger partial charge in [0, 0.05) is 12.8 Å². The molecule has 0 spiro atoms. The standard InChI is InChI=1S/C50H96NO8P/c1-6-8-10-12-14-16-18-20-21-22-23-24-25-26-27-28-29-31-33-35-37-39-41-43-50(53)59-48(47-58-60(54,55)57-45-44-51(3,4)5)46-56-49(52)42-40-38-36-34-32-30-19-17-15-13-11-9-7-2/h18,20,22-23,48H,6-17,19,21,24-47H2,1-5H3/p+1/b20-18-,23-22-. The van der Waals surface area contributed by atoms with Crippen molar-refractivity contribution in [1.82, 2.24) is 0 Å². The Morgan fingerprint density at radius 3 is 1.32 bits per heavy atom. The lowest BCUT2D eigenvalue weighted by Gasteiger charge is -2.24. The van der Waals surface area contributed by atoms with E-state index >= 15 is 0 Å². The smallest absolute Gasteiger partial charge is 0.462 e. The lowest BCUT2D eigenvalue weighted by molar-refractivity contribution is -0.870. The summed E-state index contributed by atoms with van der Waals surface area (Å²) in [5.74, 6) is -0.790. The number of hydrogen-bond acceptors (Lipinski definition) is 7. The molecule has 0 aromatic carbocycles. The number of phosphoric ester groups is 1. The monoisotopic (exact) mass is 871 g/mol. The molecular formula is C50H97NO8P+. The predicted octanol–water partition coefficient (Wildman–Crippen LogP) is 14.7. The number of likely N-dealkylation sites (N-methyl/N-ethyl adjacent to an activating group) is 1. The summed E-state index contributed by atoms with van der Waals surface area (Å²) in [7, 11) is 1.48. The van der Waals surface area contributed by atoms with Crippen LogP contribution in [0.15, 0.2) is 24.3 Å². The lowest BCUT2D eigenvalue weighted by atomic mass is 10.0. The molecule has 0 radical (unpaired) electrons. The molecule has 10 heteroatoms. The first-order valence-corrected chi connectivity index (χ1v) is 26.6. The third kappa shape index (κ3) is 46.0. The van der Waals surface area contributed by atoms with Gasteiger partial charge in [-0.3, -0.25) is 18.6 Å². The number of rotatable bonds is 46. The van der Waals surface area contributed by atoms with Crippen LogP contribution in [0.3, 0.4) is 0 Å². The fourth-order valence-corrected chi connectivity index (χ4v) is 7.79. The van der Waals surface area contributed by atoms with Crippen molar-refractivity contribution in [3.63, 3.8) is 0 Å². The molecule has 2 atom stereocenters. The number of carbonyl (C=O) groups is 2. The summed E-state index contributed by atoms with van der Waals surface area (Å²) in [6, 6.07) is 0. The summed E-state index contributed by atoms with van der Waals surface area (Å²) in [6.07, 6.45) is 48.0. The van der Waals surface area contributed by atoms with E-state index in [9.17, 15) is 19.0 Å². The Hall–Kier alpha value is -1.51. The van der Waals surface area contributed by atoms with Crippen LogP contribution in [0.2, 0.25) is 0 Å². The Balaban J connectivity index is 4.21. The maximum absolute atomic E-state index is 12.7. The summed E-state index contributed by atoms with van der Waals surface area (Å²) in [6.45, 7) is 4.44. The van der Waals surface area contributed by atoms with Crippen LogP contribution in [0, 0.1) is 0 Å². The lowest BCUT2D eigenvalue weighted by Crippen LogP contribution is -2.37. The van der Waals surface area contributed by atoms with Crippen molar-refractivity contribution in [3.05, 3.63) is 24.3 Å². The second kappa shape index (κ2) is 42.8. The van der Waals surface area contributed by atoms with E-state index in [-0.39, 0.29) is 25.6 Å². The summed E-state index contributed by atoms with van der Waals surface area (Å²) < 4.78 is 34.4. The zero-order chi connectivity index (χ0) is 44.3. The molecule has 0 fully saturated rings. The second-order valence-corrected chi connectivity index (χ2v) is 19.7. The third-order valence-electron chi connectivity index (χ3n) is 11.0. The molecule has 9 nitrogen and oxygen atoms in total. The number of esters is 2. The molecule has 0 rings (SSSR count). The quantitative estimate of drug-likeness (QED) is 0.0212. The van der Waals surface area contributed by atoms with E-state index in [2.05, 4.69) is 38.2 Å². The summed E-state index contributed by atoms with van der Waals surface area (Å²) in [4.78, 5) is 35.5. The van der Waals surface area contributed by atoms with Crippen molar-refractivity contribution in [2.75, 3.05) is 47.5 Å². The Bertz CT molecular complexity index is 1070. The van der Waals surface area contributed by atoms with Crippen molar-refractivity contribution in [3.8, 4) is 0 Å². The van der Waals surface area contributed by atoms with Crippen LogP contribution in [0.25, 0.3) is 0 Å². The number of carbonyl (C=O) groups excluding carboxylic acids is 2. The molecular weight excluding hydrogens is 774 g/mol. The topological polar surface area (TPSA) is 108 Å². The van der Waals surface area contributed by atoms with Crippen molar-refractivity contribution in [1.29, 1.82) is 0 Å². The second-order valence-electron chi connectivity index (χ2n) is 18.2. The van der Waals surface area contributed by atoms with Crippen molar-refractivity contribution in [2.45, 2.75) is 238 Å². The van der Waals surface area contributed by atoms with Gasteiger partial charge in [0.25, 0.3) is 0 Å². The molecule has 0 aliphatic rings. The molecule has 0 aliphatic carbocycles. The van der Waals surface area contributed by atoms with Gasteiger partial charge in [0.05, 0.1) is 27.7 Å². The largest absolute Gasteiger partial charge is 0.472 e. The molecule has 0 aromatic heterocycles. The van der Waals surface area contributed by atoms with Crippen LogP contribution >= 0.6 is 7.82 Å². The zero-order valence-electron chi connectivity index (χ0n) is 40.0. The molecule has 0 amide bonds. The van der Waals surface area contributed by atoms with Crippen LogP contribution in [-0.2, 0) is 32.7 Å². The van der Waals surface area contributed by atoms with Gasteiger partial charge in [-0.1, -0.05) is 199 Å². The Labute approximate surface area is 370 Å². The van der Waals surface area contributed by atoms with Gasteiger partial charge >= 0.3 is 19.8 Å². The van der Waals surface area contributed by atoms with E-state index in [4.69, 9.17) is 18.5 Å². The summed E-state index contributed by atoms with van der Waals surface area (Å²) >= 11 is 0. The highest BCUT2D eigenvalue weighted by molar-refractivity contribution is 7.47. The van der Waals surface area contributed by atoms with E-state index in [1.165, 1.54) is 161 Å². The molecule has 2 unspecified atom stereocenters. The highest BCUT2D eigenvalue weighted by Gasteiger charge is 2.27. The number of nitrogens with zero attached hydrogens (tertiary/aromatic N) is 1. The Morgan fingerprint density at radius 1 is 0.517 bits per heavy atom. The first kappa shape index (κ1) is 58.5. The Kier molecular flexibility index (Phi) is 41.7. The molecule has 0 aromatic rings. The van der Waals surface area contributed by atoms with Gasteiger partial charge in [0.1, 0.15) is 19.8 Å². The Morgan fingerprint density at radius 2 is 0.900 bits per heavy atom. The fourth-order valence-electron chi connectivity index (χ4n) is 7.05. The molecule has 0 saturated heterocycles. The molecule has 1 N–H and O–H groups in total. The SMILES string of the molecule is CCCCCCC/C=C\C/C=C\CCCCCCCCCCCCCC(=O)OC(COC(=O)CCCCCCCCCCCCCCC)COP(=O)(O)OCC[N+](C)(C)C. The van der Waals surface area contributed by atoms with E-state index in [1.54, 1.807) is 0 Å². The van der Waals surface area contributed by atoms with E-state index in [1.807, 2.05) is 21.1 Å². The minimum Gasteiger partial charge on any atom is -0.462 e. The van der Waals surface area contributed by atoms with Crippen LogP contribution in [-0.4, -0.2) is 74.9 Å². The number of hydrogen-bond donors (Lipinski definition) is 1. The average Bonchev–Trinajstić information content (AvgIpc) is 3.20. The van der Waals surface area contributed by atoms with Gasteiger partial charge in [0.15, 0.2) is 6.10 Å². The number of phosphoric acid groups is 1. The molecule has 0 bridgehead atoms. The van der Waals surface area contributed by atoms with Gasteiger partial charge < -0.3 is 18.9 Å². The minimum atomic E-state index is -4.37. The van der Waals surface area contributed by atoms with Crippen molar-refractivity contribution < 1.29 is 42.1 Å². The average molecular weight is 871 g/mol. The van der Waals surface area contributed by atoms with Gasteiger partial charge in [-0.05, 0) is 44.9 Å². The summed E-state index contributed by atoms with van der Waals surface area (Å²) in [5.41, 5.74) is 0. The van der Waals surface area contributed by atoms with Crippen LogP contribution < -0.4 is 0 Å². The number of allylic oxidation sites excluding steroid dienone is 4. The van der Waals surface area contributed by atoms with Gasteiger partial charge in [-0.2, -0.15) is 0 Å². The maximum atomic E-state index is 12.7. The van der Waals surface area contributed by atoms with Crippen LogP contribution in [0.4, 0.5) is 0 Å². The molecule has 0 aliphatic heterocycles. The molecule has 0 saturated carbocycles. The molecule has 60 heavy (non-hydrogen) atoms. The first-order valence-electron chi connectivity index (χ1n) is 25.1. The normalized spacial score (nSPS) is 13.6. The molecule has 0 heterocycles. The van der Waals surface area contributed by atoms with Crippen molar-refractivity contribution >= 4 is 19.8 Å². The predicted molar refractivity (Wildman–Crippen MR) is 252 cm³/mol. The minimum absolute atomic E-state index is 0.0336. The fraction of sp³-hybridized carbons (Fsp3) is 0.880. The van der Waals surface area contributed by atoms with Gasteiger partial charge in [-0.15, -0.1) is 0 Å². The van der Waals surface area contributed by atoms with Crippen molar-refractivity contribution in [2.24, 2.45) is 0 Å². The summed E-state index contributed by atoms with van der Waals surface area (Å²) in [5, 5.41) is 0. The van der Waals surface area contributed by atoms with Gasteiger partial charge in [-0.25, -0.2) is 4.57 Å². The van der Waals surface area contributed by atoms with E-state index in [0.717, 1.165) is 38.5 Å². The first-order chi connectivity index (χ1) is 29.0. The third-order valence-corrected chi connectivity index (χ3v) is 12.0. The molecule has 354 valence electrons. The number of quaternary nitrogens is 1. The highest BCUT2D eigenvalue weighted by atomic mass is 31.2. The van der Waals surface area contributed by atoms with Crippen LogP contribution in [0.1, 0.15) is 232 Å². The number of ether oxygens (including phenoxy) is 2. The zero-order valence-corrected chi connectivity index (χ0v) is 40.9. The van der Waals surface area contributed by atoms with E-state index in [0.29, 0.717) is 23.9 Å². The highest BCUT2D eigenvalue weighted by Crippen LogP contribution is 2.43. The van der Waals surface area contributed by atoms with Gasteiger partial charge in [0.2, 0.25) is 0 Å².